The summed E-state index contributed by atoms with van der Waals surface area (Å²) in [6.07, 6.45) is 0.317. The molecule has 0 atom stereocenters. The van der Waals surface area contributed by atoms with Crippen molar-refractivity contribution >= 4 is 22.8 Å². The second kappa shape index (κ2) is 6.32. The van der Waals surface area contributed by atoms with Crippen LogP contribution in [0.15, 0.2) is 24.3 Å². The lowest BCUT2D eigenvalue weighted by Gasteiger charge is -2.17. The van der Waals surface area contributed by atoms with Crippen molar-refractivity contribution in [2.24, 2.45) is 5.41 Å². The number of hydrogen-bond acceptors (Lipinski definition) is 3. The summed E-state index contributed by atoms with van der Waals surface area (Å²) in [6, 6.07) is 5.61. The summed E-state index contributed by atoms with van der Waals surface area (Å²) in [7, 11) is 0. The minimum Gasteiger partial charge on any atom is -0.478 e. The van der Waals surface area contributed by atoms with Gasteiger partial charge >= 0.3 is 5.97 Å². The summed E-state index contributed by atoms with van der Waals surface area (Å²) in [5, 5.41) is 12.1. The summed E-state index contributed by atoms with van der Waals surface area (Å²) in [5.41, 5.74) is 0.284. The lowest BCUT2D eigenvalue weighted by molar-refractivity contribution is -0.123. The Hall–Kier alpha value is -2.50. The van der Waals surface area contributed by atoms with Gasteiger partial charge in [0.15, 0.2) is 0 Å². The lowest BCUT2D eigenvalue weighted by Crippen LogP contribution is -2.28. The molecule has 5 nitrogen and oxygen atoms in total. The quantitative estimate of drug-likeness (QED) is 0.908. The van der Waals surface area contributed by atoms with Crippen molar-refractivity contribution in [1.29, 1.82) is 0 Å². The van der Waals surface area contributed by atoms with Crippen LogP contribution in [0.5, 0.6) is 0 Å². The van der Waals surface area contributed by atoms with E-state index in [0.29, 0.717) is 11.9 Å². The molecule has 2 N–H and O–H groups in total. The van der Waals surface area contributed by atoms with E-state index in [1.807, 2.05) is 20.8 Å². The van der Waals surface area contributed by atoms with Gasteiger partial charge in [0.2, 0.25) is 5.91 Å². The van der Waals surface area contributed by atoms with Crippen molar-refractivity contribution in [3.8, 4) is 0 Å². The summed E-state index contributed by atoms with van der Waals surface area (Å²) in [6.45, 7) is 5.80. The average molecular weight is 318 g/mol. The molecule has 23 heavy (non-hydrogen) atoms. The first-order valence-electron chi connectivity index (χ1n) is 7.25. The number of nitrogens with zero attached hydrogens (tertiary/aromatic N) is 1. The minimum atomic E-state index is -1.21. The lowest BCUT2D eigenvalue weighted by atomic mass is 9.92. The zero-order valence-electron chi connectivity index (χ0n) is 13.3. The summed E-state index contributed by atoms with van der Waals surface area (Å²) >= 11 is 0. The number of carbonyl (C=O) groups is 2. The van der Waals surface area contributed by atoms with Crippen LogP contribution in [-0.4, -0.2) is 22.0 Å². The number of fused-ring (bicyclic) bond motifs is 1. The minimum absolute atomic E-state index is 0.0109. The van der Waals surface area contributed by atoms with Crippen LogP contribution >= 0.6 is 0 Å². The highest BCUT2D eigenvalue weighted by Crippen LogP contribution is 2.21. The maximum Gasteiger partial charge on any atom is 0.337 e. The molecule has 122 valence electrons. The van der Waals surface area contributed by atoms with E-state index in [9.17, 15) is 19.1 Å². The summed E-state index contributed by atoms with van der Waals surface area (Å²) in [5.74, 6) is -1.92. The molecule has 0 fully saturated rings. The predicted molar refractivity (Wildman–Crippen MR) is 84.6 cm³/mol. The third-order valence-corrected chi connectivity index (χ3v) is 3.26. The maximum atomic E-state index is 13.8. The Balaban J connectivity index is 2.30. The van der Waals surface area contributed by atoms with Crippen LogP contribution in [0.1, 0.15) is 43.2 Å². The molecule has 0 bridgehead atoms. The Labute approximate surface area is 133 Å². The SMILES string of the molecule is CC(C)(C)CC(=O)NCc1nc2cccc(F)c2cc1C(=O)O. The normalized spacial score (nSPS) is 11.5. The molecule has 1 aromatic carbocycles. The van der Waals surface area contributed by atoms with Gasteiger partial charge in [0.25, 0.3) is 0 Å². The molecular weight excluding hydrogens is 299 g/mol. The average Bonchev–Trinajstić information content (AvgIpc) is 2.42. The van der Waals surface area contributed by atoms with Gasteiger partial charge in [-0.2, -0.15) is 0 Å². The third-order valence-electron chi connectivity index (χ3n) is 3.26. The van der Waals surface area contributed by atoms with Gasteiger partial charge in [0.05, 0.1) is 23.3 Å². The number of carboxylic acid groups (broad SMARTS) is 1. The number of pyridine rings is 1. The second-order valence-electron chi connectivity index (χ2n) is 6.61. The van der Waals surface area contributed by atoms with Gasteiger partial charge in [-0.15, -0.1) is 0 Å². The fraction of sp³-hybridized carbons (Fsp3) is 0.353. The molecule has 2 aromatic rings. The molecule has 2 rings (SSSR count). The van der Waals surface area contributed by atoms with Crippen LogP contribution in [0.2, 0.25) is 0 Å². The monoisotopic (exact) mass is 318 g/mol. The molecule has 0 saturated carbocycles. The second-order valence-corrected chi connectivity index (χ2v) is 6.61. The van der Waals surface area contributed by atoms with Gasteiger partial charge in [-0.1, -0.05) is 26.8 Å². The van der Waals surface area contributed by atoms with Crippen molar-refractivity contribution in [1.82, 2.24) is 10.3 Å². The Kier molecular flexibility index (Phi) is 4.63. The van der Waals surface area contributed by atoms with Gasteiger partial charge in [-0.3, -0.25) is 4.79 Å². The molecule has 1 heterocycles. The number of aromatic nitrogens is 1. The molecule has 1 amide bonds. The predicted octanol–water partition coefficient (Wildman–Crippen LogP) is 3.12. The van der Waals surface area contributed by atoms with Crippen LogP contribution in [-0.2, 0) is 11.3 Å². The van der Waals surface area contributed by atoms with Crippen molar-refractivity contribution in [3.05, 3.63) is 41.3 Å². The fourth-order valence-electron chi connectivity index (χ4n) is 2.25. The third kappa shape index (κ3) is 4.25. The number of nitrogens with one attached hydrogen (secondary N) is 1. The molecular formula is C17H19FN2O3. The number of halogens is 1. The van der Waals surface area contributed by atoms with Crippen LogP contribution in [0, 0.1) is 11.2 Å². The Morgan fingerprint density at radius 2 is 2.00 bits per heavy atom. The number of rotatable bonds is 4. The maximum absolute atomic E-state index is 13.8. The Morgan fingerprint density at radius 1 is 1.30 bits per heavy atom. The number of aromatic carboxylic acids is 1. The van der Waals surface area contributed by atoms with E-state index in [1.54, 1.807) is 6.07 Å². The highest BCUT2D eigenvalue weighted by atomic mass is 19.1. The van der Waals surface area contributed by atoms with E-state index in [-0.39, 0.29) is 34.5 Å². The van der Waals surface area contributed by atoms with Crippen LogP contribution in [0.25, 0.3) is 10.9 Å². The number of hydrogen-bond donors (Lipinski definition) is 2. The van der Waals surface area contributed by atoms with E-state index in [0.717, 1.165) is 0 Å². The Bertz CT molecular complexity index is 766. The van der Waals surface area contributed by atoms with Crippen LogP contribution in [0.4, 0.5) is 4.39 Å². The smallest absolute Gasteiger partial charge is 0.337 e. The molecule has 0 unspecified atom stereocenters. The van der Waals surface area contributed by atoms with E-state index in [1.165, 1.54) is 18.2 Å². The van der Waals surface area contributed by atoms with Gasteiger partial charge in [-0.05, 0) is 23.6 Å². The largest absolute Gasteiger partial charge is 0.478 e. The van der Waals surface area contributed by atoms with Gasteiger partial charge in [-0.25, -0.2) is 14.2 Å². The molecule has 0 aliphatic rings. The Morgan fingerprint density at radius 3 is 2.61 bits per heavy atom. The first kappa shape index (κ1) is 16.9. The summed E-state index contributed by atoms with van der Waals surface area (Å²) < 4.78 is 13.8. The first-order valence-corrected chi connectivity index (χ1v) is 7.25. The highest BCUT2D eigenvalue weighted by molar-refractivity contribution is 5.94. The molecule has 1 aromatic heterocycles. The topological polar surface area (TPSA) is 79.3 Å². The van der Waals surface area contributed by atoms with Crippen molar-refractivity contribution < 1.29 is 19.1 Å². The molecule has 0 aliphatic heterocycles. The van der Waals surface area contributed by atoms with E-state index < -0.39 is 11.8 Å². The van der Waals surface area contributed by atoms with Crippen molar-refractivity contribution in [2.45, 2.75) is 33.7 Å². The molecule has 6 heteroatoms. The van der Waals surface area contributed by atoms with Crippen molar-refractivity contribution in [2.75, 3.05) is 0 Å². The van der Waals surface area contributed by atoms with Crippen molar-refractivity contribution in [3.63, 3.8) is 0 Å². The molecule has 0 saturated heterocycles. The van der Waals surface area contributed by atoms with Crippen LogP contribution in [0.3, 0.4) is 0 Å². The van der Waals surface area contributed by atoms with Gasteiger partial charge in [0, 0.05) is 11.8 Å². The standard InChI is InChI=1S/C17H19FN2O3/c1-17(2,3)8-15(21)19-9-14-11(16(22)23)7-10-12(18)5-4-6-13(10)20-14/h4-7H,8-9H2,1-3H3,(H,19,21)(H,22,23). The summed E-state index contributed by atoms with van der Waals surface area (Å²) in [4.78, 5) is 27.4. The molecule has 0 aliphatic carbocycles. The first-order chi connectivity index (χ1) is 10.7. The number of carbonyl (C=O) groups excluding carboxylic acids is 1. The van der Waals surface area contributed by atoms with E-state index in [4.69, 9.17) is 0 Å². The molecule has 0 spiro atoms. The van der Waals surface area contributed by atoms with Gasteiger partial charge < -0.3 is 10.4 Å². The zero-order chi connectivity index (χ0) is 17.2. The van der Waals surface area contributed by atoms with Gasteiger partial charge in [0.1, 0.15) is 5.82 Å². The fourth-order valence-corrected chi connectivity index (χ4v) is 2.25. The number of benzene rings is 1. The number of amides is 1. The highest BCUT2D eigenvalue weighted by Gasteiger charge is 2.18. The van der Waals surface area contributed by atoms with E-state index in [2.05, 4.69) is 10.3 Å². The molecule has 0 radical (unpaired) electrons. The zero-order valence-corrected chi connectivity index (χ0v) is 13.3. The van der Waals surface area contributed by atoms with E-state index >= 15 is 0 Å². The number of carboxylic acids is 1. The van der Waals surface area contributed by atoms with Crippen LogP contribution < -0.4 is 5.32 Å².